The highest BCUT2D eigenvalue weighted by molar-refractivity contribution is 14.0. The van der Waals surface area contributed by atoms with E-state index in [2.05, 4.69) is 81.3 Å². The molecule has 2 aromatic carbocycles. The Labute approximate surface area is 203 Å². The number of aliphatic imine (C=N–C) groups is 1. The molecule has 0 bridgehead atoms. The molecular formula is C24H36IN5O. The van der Waals surface area contributed by atoms with E-state index in [4.69, 9.17) is 4.74 Å². The third-order valence-corrected chi connectivity index (χ3v) is 5.47. The molecule has 0 spiro atoms. The van der Waals surface area contributed by atoms with Gasteiger partial charge < -0.3 is 25.6 Å². The molecule has 1 aliphatic rings. The summed E-state index contributed by atoms with van der Waals surface area (Å²) in [5.74, 6) is 0.802. The van der Waals surface area contributed by atoms with Gasteiger partial charge in [-0.2, -0.15) is 0 Å². The Morgan fingerprint density at radius 1 is 1.13 bits per heavy atom. The highest BCUT2D eigenvalue weighted by atomic mass is 127. The predicted molar refractivity (Wildman–Crippen MR) is 142 cm³/mol. The van der Waals surface area contributed by atoms with Crippen LogP contribution >= 0.6 is 24.0 Å². The number of anilines is 2. The van der Waals surface area contributed by atoms with Crippen LogP contribution < -0.4 is 20.9 Å². The zero-order chi connectivity index (χ0) is 21.2. The third-order valence-electron chi connectivity index (χ3n) is 5.47. The van der Waals surface area contributed by atoms with E-state index < -0.39 is 0 Å². The Hall–Kier alpha value is -2.00. The summed E-state index contributed by atoms with van der Waals surface area (Å²) < 4.78 is 5.07. The number of benzene rings is 2. The van der Waals surface area contributed by atoms with Gasteiger partial charge in [-0.1, -0.05) is 24.3 Å². The van der Waals surface area contributed by atoms with Crippen LogP contribution in [-0.4, -0.2) is 46.4 Å². The molecule has 1 atom stereocenters. The lowest BCUT2D eigenvalue weighted by molar-refractivity contribution is 0.211. The normalized spacial score (nSPS) is 14.7. The van der Waals surface area contributed by atoms with Gasteiger partial charge in [0, 0.05) is 51.7 Å². The van der Waals surface area contributed by atoms with Gasteiger partial charge in [-0.3, -0.25) is 4.99 Å². The van der Waals surface area contributed by atoms with Crippen molar-refractivity contribution in [1.82, 2.24) is 10.6 Å². The highest BCUT2D eigenvalue weighted by Crippen LogP contribution is 2.24. The summed E-state index contributed by atoms with van der Waals surface area (Å²) >= 11 is 0. The monoisotopic (exact) mass is 537 g/mol. The first kappa shape index (κ1) is 25.3. The molecule has 1 saturated heterocycles. The van der Waals surface area contributed by atoms with Crippen LogP contribution in [0.25, 0.3) is 0 Å². The van der Waals surface area contributed by atoms with Crippen molar-refractivity contribution in [2.75, 3.05) is 50.6 Å². The average molecular weight is 537 g/mol. The van der Waals surface area contributed by atoms with Crippen molar-refractivity contribution in [3.05, 3.63) is 59.7 Å². The van der Waals surface area contributed by atoms with Crippen LogP contribution in [0.3, 0.4) is 0 Å². The lowest BCUT2D eigenvalue weighted by Crippen LogP contribution is -2.38. The number of nitrogens with zero attached hydrogens (tertiary/aromatic N) is 2. The Bertz CT molecular complexity index is 806. The van der Waals surface area contributed by atoms with Crippen LogP contribution in [0.2, 0.25) is 0 Å². The summed E-state index contributed by atoms with van der Waals surface area (Å²) in [6.45, 7) is 6.73. The predicted octanol–water partition coefficient (Wildman–Crippen LogP) is 4.39. The molecule has 0 aromatic heterocycles. The molecule has 1 fully saturated rings. The maximum Gasteiger partial charge on any atom is 0.191 e. The molecule has 1 aliphatic heterocycles. The smallest absolute Gasteiger partial charge is 0.191 e. The number of methoxy groups -OCH3 is 1. The average Bonchev–Trinajstić information content (AvgIpc) is 3.33. The molecule has 0 amide bonds. The van der Waals surface area contributed by atoms with Crippen LogP contribution in [0, 0.1) is 0 Å². The SMILES string of the molecule is CN=C(NCc1ccc(NCCOC)cc1)NC(C)c1cccc(N2CCCC2)c1.I. The summed E-state index contributed by atoms with van der Waals surface area (Å²) in [6.07, 6.45) is 2.58. The zero-order valence-corrected chi connectivity index (χ0v) is 21.2. The molecule has 0 aliphatic carbocycles. The molecule has 0 radical (unpaired) electrons. The van der Waals surface area contributed by atoms with Crippen LogP contribution in [0.5, 0.6) is 0 Å². The van der Waals surface area contributed by atoms with E-state index in [0.717, 1.165) is 37.8 Å². The standard InChI is InChI=1S/C24H35N5O.HI/c1-19(21-7-6-8-23(17-21)29-14-4-5-15-29)28-24(25-2)27-18-20-9-11-22(12-10-20)26-13-16-30-3;/h6-12,17,19,26H,4-5,13-16,18H2,1-3H3,(H2,25,27,28);1H. The van der Waals surface area contributed by atoms with E-state index in [1.807, 2.05) is 7.05 Å². The van der Waals surface area contributed by atoms with Gasteiger partial charge >= 0.3 is 0 Å². The summed E-state index contributed by atoms with van der Waals surface area (Å²) in [5, 5.41) is 10.3. The van der Waals surface area contributed by atoms with E-state index in [0.29, 0.717) is 6.61 Å². The fourth-order valence-electron chi connectivity index (χ4n) is 3.67. The van der Waals surface area contributed by atoms with Crippen molar-refractivity contribution < 1.29 is 4.74 Å². The van der Waals surface area contributed by atoms with Crippen molar-refractivity contribution in [3.63, 3.8) is 0 Å². The summed E-state index contributed by atoms with van der Waals surface area (Å²) in [6, 6.07) is 17.4. The second-order valence-electron chi connectivity index (χ2n) is 7.70. The fourth-order valence-corrected chi connectivity index (χ4v) is 3.67. The van der Waals surface area contributed by atoms with Crippen LogP contribution in [0.15, 0.2) is 53.5 Å². The number of nitrogens with one attached hydrogen (secondary N) is 3. The van der Waals surface area contributed by atoms with E-state index in [-0.39, 0.29) is 30.0 Å². The Kier molecular flexibility index (Phi) is 10.9. The maximum atomic E-state index is 5.07. The lowest BCUT2D eigenvalue weighted by atomic mass is 10.1. The minimum absolute atomic E-state index is 0. The first-order valence-electron chi connectivity index (χ1n) is 10.8. The Morgan fingerprint density at radius 3 is 2.55 bits per heavy atom. The van der Waals surface area contributed by atoms with Crippen molar-refractivity contribution >= 4 is 41.3 Å². The number of rotatable bonds is 9. The highest BCUT2D eigenvalue weighted by Gasteiger charge is 2.14. The van der Waals surface area contributed by atoms with Gasteiger partial charge in [-0.15, -0.1) is 24.0 Å². The molecule has 1 heterocycles. The van der Waals surface area contributed by atoms with Gasteiger partial charge in [-0.05, 0) is 55.2 Å². The first-order chi connectivity index (χ1) is 14.7. The van der Waals surface area contributed by atoms with Gasteiger partial charge in [0.1, 0.15) is 0 Å². The molecule has 2 aromatic rings. The van der Waals surface area contributed by atoms with Gasteiger partial charge in [-0.25, -0.2) is 0 Å². The molecule has 6 nitrogen and oxygen atoms in total. The molecule has 31 heavy (non-hydrogen) atoms. The molecule has 3 N–H and O–H groups in total. The fraction of sp³-hybridized carbons (Fsp3) is 0.458. The van der Waals surface area contributed by atoms with Crippen molar-refractivity contribution in [2.45, 2.75) is 32.4 Å². The van der Waals surface area contributed by atoms with E-state index in [9.17, 15) is 0 Å². The third kappa shape index (κ3) is 7.88. The van der Waals surface area contributed by atoms with Crippen molar-refractivity contribution in [1.29, 1.82) is 0 Å². The van der Waals surface area contributed by atoms with Gasteiger partial charge in [0.2, 0.25) is 0 Å². The van der Waals surface area contributed by atoms with E-state index >= 15 is 0 Å². The molecule has 3 rings (SSSR count). The number of hydrogen-bond donors (Lipinski definition) is 3. The largest absolute Gasteiger partial charge is 0.383 e. The molecular weight excluding hydrogens is 501 g/mol. The molecule has 170 valence electrons. The molecule has 7 heteroatoms. The van der Waals surface area contributed by atoms with Crippen LogP contribution in [0.1, 0.15) is 36.9 Å². The second-order valence-corrected chi connectivity index (χ2v) is 7.70. The summed E-state index contributed by atoms with van der Waals surface area (Å²) in [4.78, 5) is 6.86. The quantitative estimate of drug-likeness (QED) is 0.192. The lowest BCUT2D eigenvalue weighted by Gasteiger charge is -2.22. The number of halogens is 1. The topological polar surface area (TPSA) is 60.9 Å². The van der Waals surface area contributed by atoms with E-state index in [1.165, 1.54) is 29.7 Å². The minimum atomic E-state index is 0. The molecule has 1 unspecified atom stereocenters. The van der Waals surface area contributed by atoms with E-state index in [1.54, 1.807) is 7.11 Å². The second kappa shape index (κ2) is 13.4. The Morgan fingerprint density at radius 2 is 1.87 bits per heavy atom. The summed E-state index contributed by atoms with van der Waals surface area (Å²) in [5.41, 5.74) is 4.90. The maximum absolute atomic E-state index is 5.07. The van der Waals surface area contributed by atoms with Gasteiger partial charge in [0.05, 0.1) is 12.6 Å². The van der Waals surface area contributed by atoms with Crippen LogP contribution in [0.4, 0.5) is 11.4 Å². The minimum Gasteiger partial charge on any atom is -0.383 e. The van der Waals surface area contributed by atoms with Gasteiger partial charge in [0.15, 0.2) is 5.96 Å². The summed E-state index contributed by atoms with van der Waals surface area (Å²) in [7, 11) is 3.52. The van der Waals surface area contributed by atoms with Crippen LogP contribution in [-0.2, 0) is 11.3 Å². The zero-order valence-electron chi connectivity index (χ0n) is 18.9. The van der Waals surface area contributed by atoms with Crippen molar-refractivity contribution in [2.24, 2.45) is 4.99 Å². The number of ether oxygens (including phenoxy) is 1. The van der Waals surface area contributed by atoms with Gasteiger partial charge in [0.25, 0.3) is 0 Å². The number of hydrogen-bond acceptors (Lipinski definition) is 4. The number of guanidine groups is 1. The first-order valence-corrected chi connectivity index (χ1v) is 10.8. The molecule has 0 saturated carbocycles. The van der Waals surface area contributed by atoms with Crippen molar-refractivity contribution in [3.8, 4) is 0 Å². The Balaban J connectivity index is 0.00000341.